The molecule has 0 saturated carbocycles. The highest BCUT2D eigenvalue weighted by atomic mass is 32.1. The summed E-state index contributed by atoms with van der Waals surface area (Å²) in [6.07, 6.45) is 0. The van der Waals surface area contributed by atoms with Gasteiger partial charge in [-0.15, -0.1) is 0 Å². The Morgan fingerprint density at radius 3 is 2.43 bits per heavy atom. The Balaban J connectivity index is 1.94. The second kappa shape index (κ2) is 7.87. The molecule has 1 atom stereocenters. The lowest BCUT2D eigenvalue weighted by Gasteiger charge is -2.17. The maximum absolute atomic E-state index is 13.3. The molecule has 0 saturated heterocycles. The van der Waals surface area contributed by atoms with Crippen molar-refractivity contribution in [1.29, 1.82) is 0 Å². The van der Waals surface area contributed by atoms with Gasteiger partial charge in [-0.05, 0) is 68.0 Å². The minimum atomic E-state index is -0.874. The van der Waals surface area contributed by atoms with E-state index in [2.05, 4.69) is 10.6 Å². The Kier molecular flexibility index (Phi) is 5.87. The van der Waals surface area contributed by atoms with Crippen LogP contribution in [0.25, 0.3) is 0 Å². The van der Waals surface area contributed by atoms with Crippen molar-refractivity contribution in [3.05, 3.63) is 59.7 Å². The number of benzene rings is 2. The molecule has 2 rings (SSSR count). The molecule has 0 heterocycles. The van der Waals surface area contributed by atoms with E-state index in [1.807, 2.05) is 38.1 Å². The van der Waals surface area contributed by atoms with E-state index in [0.29, 0.717) is 17.3 Å². The number of hydrogen-bond donors (Lipinski definition) is 2. The summed E-state index contributed by atoms with van der Waals surface area (Å²) in [6.45, 7) is 4.35. The van der Waals surface area contributed by atoms with Crippen molar-refractivity contribution in [3.63, 3.8) is 0 Å². The molecule has 122 valence electrons. The Morgan fingerprint density at radius 1 is 1.13 bits per heavy atom. The van der Waals surface area contributed by atoms with Gasteiger partial charge in [0, 0.05) is 5.69 Å². The van der Waals surface area contributed by atoms with E-state index in [1.165, 1.54) is 6.07 Å². The van der Waals surface area contributed by atoms with Crippen LogP contribution in [0.15, 0.2) is 42.5 Å². The highest BCUT2D eigenvalue weighted by Crippen LogP contribution is 2.18. The van der Waals surface area contributed by atoms with Crippen LogP contribution in [0.1, 0.15) is 25.5 Å². The summed E-state index contributed by atoms with van der Waals surface area (Å²) in [7, 11) is 0. The maximum atomic E-state index is 13.3. The standard InChI is InChI=1S/C17H18F2N2OS/c1-3-22-14-7-5-13(6-8-14)21-17(23)20-11(2)12-4-9-15(18)16(19)10-12/h4-11H,3H2,1-2H3,(H2,20,21,23)/t11-/m0/s1. The van der Waals surface area contributed by atoms with Crippen LogP contribution in [0.3, 0.4) is 0 Å². The third-order valence-electron chi connectivity index (χ3n) is 3.21. The van der Waals surface area contributed by atoms with E-state index in [4.69, 9.17) is 17.0 Å². The molecule has 0 aliphatic carbocycles. The first kappa shape index (κ1) is 17.1. The van der Waals surface area contributed by atoms with Crippen LogP contribution in [0.2, 0.25) is 0 Å². The zero-order valence-electron chi connectivity index (χ0n) is 12.9. The van der Waals surface area contributed by atoms with E-state index in [1.54, 1.807) is 0 Å². The van der Waals surface area contributed by atoms with Crippen LogP contribution in [0.4, 0.5) is 14.5 Å². The number of anilines is 1. The largest absolute Gasteiger partial charge is 0.494 e. The lowest BCUT2D eigenvalue weighted by atomic mass is 10.1. The number of hydrogen-bond acceptors (Lipinski definition) is 2. The van der Waals surface area contributed by atoms with E-state index in [-0.39, 0.29) is 6.04 Å². The molecule has 0 aliphatic rings. The van der Waals surface area contributed by atoms with Crippen molar-refractivity contribution in [2.24, 2.45) is 0 Å². The van der Waals surface area contributed by atoms with E-state index in [9.17, 15) is 8.78 Å². The Labute approximate surface area is 139 Å². The van der Waals surface area contributed by atoms with Gasteiger partial charge >= 0.3 is 0 Å². The number of nitrogens with one attached hydrogen (secondary N) is 2. The van der Waals surface area contributed by atoms with Gasteiger partial charge in [0.25, 0.3) is 0 Å². The number of rotatable bonds is 5. The fourth-order valence-corrected chi connectivity index (χ4v) is 2.32. The van der Waals surface area contributed by atoms with E-state index >= 15 is 0 Å². The Bertz CT molecular complexity index is 677. The second-order valence-electron chi connectivity index (χ2n) is 4.95. The number of thiocarbonyl (C=S) groups is 1. The van der Waals surface area contributed by atoms with Crippen molar-refractivity contribution >= 4 is 23.0 Å². The molecule has 0 amide bonds. The van der Waals surface area contributed by atoms with Crippen molar-refractivity contribution in [3.8, 4) is 5.75 Å². The summed E-state index contributed by atoms with van der Waals surface area (Å²) in [5, 5.41) is 6.46. The molecule has 0 aromatic heterocycles. The predicted molar refractivity (Wildman–Crippen MR) is 91.7 cm³/mol. The van der Waals surface area contributed by atoms with Gasteiger partial charge in [0.1, 0.15) is 5.75 Å². The lowest BCUT2D eigenvalue weighted by Crippen LogP contribution is -2.30. The number of ether oxygens (including phenoxy) is 1. The fraction of sp³-hybridized carbons (Fsp3) is 0.235. The molecule has 23 heavy (non-hydrogen) atoms. The zero-order chi connectivity index (χ0) is 16.8. The van der Waals surface area contributed by atoms with Gasteiger partial charge in [-0.3, -0.25) is 0 Å². The minimum absolute atomic E-state index is 0.257. The molecular weight excluding hydrogens is 318 g/mol. The van der Waals surface area contributed by atoms with Crippen molar-refractivity contribution in [2.45, 2.75) is 19.9 Å². The SMILES string of the molecule is CCOc1ccc(NC(=S)N[C@@H](C)c2ccc(F)c(F)c2)cc1. The number of halogens is 2. The van der Waals surface area contributed by atoms with Crippen LogP contribution in [0, 0.1) is 11.6 Å². The molecule has 2 aromatic rings. The summed E-state index contributed by atoms with van der Waals surface area (Å²) >= 11 is 5.23. The molecule has 6 heteroatoms. The summed E-state index contributed by atoms with van der Waals surface area (Å²) < 4.78 is 31.6. The van der Waals surface area contributed by atoms with Crippen molar-refractivity contribution < 1.29 is 13.5 Å². The van der Waals surface area contributed by atoms with Crippen LogP contribution in [0.5, 0.6) is 5.75 Å². The first-order valence-electron chi connectivity index (χ1n) is 7.25. The van der Waals surface area contributed by atoms with Gasteiger partial charge in [0.2, 0.25) is 0 Å². The first-order chi connectivity index (χ1) is 11.0. The molecule has 0 fully saturated rings. The first-order valence-corrected chi connectivity index (χ1v) is 7.65. The average molecular weight is 336 g/mol. The Hall–Kier alpha value is -2.21. The van der Waals surface area contributed by atoms with Gasteiger partial charge in [0.05, 0.1) is 12.6 Å². The van der Waals surface area contributed by atoms with E-state index in [0.717, 1.165) is 23.6 Å². The highest BCUT2D eigenvalue weighted by molar-refractivity contribution is 7.80. The normalized spacial score (nSPS) is 11.7. The topological polar surface area (TPSA) is 33.3 Å². The molecular formula is C17H18F2N2OS. The van der Waals surface area contributed by atoms with Gasteiger partial charge in [-0.1, -0.05) is 6.07 Å². The third kappa shape index (κ3) is 4.89. The summed E-state index contributed by atoms with van der Waals surface area (Å²) in [5.41, 5.74) is 1.42. The second-order valence-corrected chi connectivity index (χ2v) is 5.36. The zero-order valence-corrected chi connectivity index (χ0v) is 13.7. The summed E-state index contributed by atoms with van der Waals surface area (Å²) in [5.74, 6) is -0.954. The Morgan fingerprint density at radius 2 is 1.83 bits per heavy atom. The van der Waals surface area contributed by atoms with Crippen LogP contribution in [-0.2, 0) is 0 Å². The highest BCUT2D eigenvalue weighted by Gasteiger charge is 2.10. The van der Waals surface area contributed by atoms with Gasteiger partial charge in [-0.2, -0.15) is 0 Å². The monoisotopic (exact) mass is 336 g/mol. The van der Waals surface area contributed by atoms with Crippen molar-refractivity contribution in [1.82, 2.24) is 5.32 Å². The van der Waals surface area contributed by atoms with Gasteiger partial charge < -0.3 is 15.4 Å². The molecule has 0 spiro atoms. The van der Waals surface area contributed by atoms with Gasteiger partial charge in [-0.25, -0.2) is 8.78 Å². The van der Waals surface area contributed by atoms with Crippen LogP contribution in [-0.4, -0.2) is 11.7 Å². The quantitative estimate of drug-likeness (QED) is 0.793. The average Bonchev–Trinajstić information content (AvgIpc) is 2.52. The third-order valence-corrected chi connectivity index (χ3v) is 3.43. The van der Waals surface area contributed by atoms with E-state index < -0.39 is 11.6 Å². The molecule has 2 N–H and O–H groups in total. The molecule has 0 unspecified atom stereocenters. The van der Waals surface area contributed by atoms with Crippen molar-refractivity contribution in [2.75, 3.05) is 11.9 Å². The van der Waals surface area contributed by atoms with Crippen LogP contribution < -0.4 is 15.4 Å². The fourth-order valence-electron chi connectivity index (χ4n) is 2.03. The summed E-state index contributed by atoms with van der Waals surface area (Å²) in [4.78, 5) is 0. The molecule has 3 nitrogen and oxygen atoms in total. The lowest BCUT2D eigenvalue weighted by molar-refractivity contribution is 0.340. The minimum Gasteiger partial charge on any atom is -0.494 e. The predicted octanol–water partition coefficient (Wildman–Crippen LogP) is 4.41. The smallest absolute Gasteiger partial charge is 0.171 e. The van der Waals surface area contributed by atoms with Crippen LogP contribution >= 0.6 is 12.2 Å². The molecule has 2 aromatic carbocycles. The molecule has 0 aliphatic heterocycles. The molecule has 0 bridgehead atoms. The maximum Gasteiger partial charge on any atom is 0.171 e. The summed E-state index contributed by atoms with van der Waals surface area (Å²) in [6, 6.07) is 10.9. The van der Waals surface area contributed by atoms with Gasteiger partial charge in [0.15, 0.2) is 16.7 Å². The molecule has 0 radical (unpaired) electrons.